The van der Waals surface area contributed by atoms with Crippen molar-refractivity contribution in [2.45, 2.75) is 6.54 Å². The van der Waals surface area contributed by atoms with Gasteiger partial charge in [0.1, 0.15) is 0 Å². The molecule has 6 heteroatoms. The van der Waals surface area contributed by atoms with Crippen molar-refractivity contribution in [3.8, 4) is 0 Å². The molecule has 0 unspecified atom stereocenters. The molecule has 0 radical (unpaired) electrons. The zero-order valence-corrected chi connectivity index (χ0v) is 11.6. The molecule has 0 bridgehead atoms. The van der Waals surface area contributed by atoms with Crippen LogP contribution in [0.4, 0.5) is 0 Å². The van der Waals surface area contributed by atoms with E-state index in [1.807, 2.05) is 12.1 Å². The van der Waals surface area contributed by atoms with Crippen molar-refractivity contribution < 1.29 is 9.90 Å². The third-order valence-corrected chi connectivity index (χ3v) is 2.82. The molecule has 18 heavy (non-hydrogen) atoms. The summed E-state index contributed by atoms with van der Waals surface area (Å²) >= 11 is 0. The van der Waals surface area contributed by atoms with Gasteiger partial charge in [-0.2, -0.15) is 0 Å². The smallest absolute Gasteiger partial charge is 0.335 e. The summed E-state index contributed by atoms with van der Waals surface area (Å²) in [6.45, 7) is 5.09. The van der Waals surface area contributed by atoms with Crippen LogP contribution in [-0.4, -0.2) is 42.2 Å². The van der Waals surface area contributed by atoms with Gasteiger partial charge in [-0.15, -0.1) is 24.8 Å². The van der Waals surface area contributed by atoms with E-state index in [4.69, 9.17) is 5.11 Å². The molecule has 1 aliphatic heterocycles. The average Bonchev–Trinajstić information content (AvgIpc) is 2.31. The van der Waals surface area contributed by atoms with Crippen LogP contribution in [0, 0.1) is 0 Å². The lowest BCUT2D eigenvalue weighted by Crippen LogP contribution is -2.42. The zero-order chi connectivity index (χ0) is 11.4. The Morgan fingerprint density at radius 2 is 1.72 bits per heavy atom. The molecule has 0 aromatic heterocycles. The normalized spacial score (nSPS) is 15.3. The van der Waals surface area contributed by atoms with Gasteiger partial charge in [-0.1, -0.05) is 12.1 Å². The fraction of sp³-hybridized carbons (Fsp3) is 0.417. The second-order valence-corrected chi connectivity index (χ2v) is 4.03. The maximum absolute atomic E-state index is 10.7. The number of halogens is 2. The predicted molar refractivity (Wildman–Crippen MR) is 76.0 cm³/mol. The van der Waals surface area contributed by atoms with Crippen molar-refractivity contribution in [1.29, 1.82) is 0 Å². The molecule has 1 saturated heterocycles. The summed E-state index contributed by atoms with van der Waals surface area (Å²) in [7, 11) is 0. The summed E-state index contributed by atoms with van der Waals surface area (Å²) in [6.07, 6.45) is 0. The van der Waals surface area contributed by atoms with Gasteiger partial charge >= 0.3 is 5.97 Å². The first-order valence-electron chi connectivity index (χ1n) is 5.51. The number of carboxylic acid groups (broad SMARTS) is 1. The van der Waals surface area contributed by atoms with E-state index >= 15 is 0 Å². The first-order valence-corrected chi connectivity index (χ1v) is 5.51. The average molecular weight is 293 g/mol. The SMILES string of the molecule is Cl.Cl.O=C(O)c1ccc(CN2CCNCC2)cc1. The Labute approximate surface area is 119 Å². The summed E-state index contributed by atoms with van der Waals surface area (Å²) < 4.78 is 0. The Bertz CT molecular complexity index is 365. The second-order valence-electron chi connectivity index (χ2n) is 4.03. The van der Waals surface area contributed by atoms with Gasteiger partial charge in [-0.25, -0.2) is 4.79 Å². The van der Waals surface area contributed by atoms with Crippen LogP contribution < -0.4 is 5.32 Å². The lowest BCUT2D eigenvalue weighted by Gasteiger charge is -2.27. The highest BCUT2D eigenvalue weighted by atomic mass is 35.5. The van der Waals surface area contributed by atoms with Crippen LogP contribution in [0.15, 0.2) is 24.3 Å². The van der Waals surface area contributed by atoms with Crippen molar-refractivity contribution in [3.05, 3.63) is 35.4 Å². The second kappa shape index (κ2) is 8.32. The van der Waals surface area contributed by atoms with Gasteiger partial charge in [0.05, 0.1) is 5.56 Å². The maximum atomic E-state index is 10.7. The largest absolute Gasteiger partial charge is 0.478 e. The molecule has 1 heterocycles. The Morgan fingerprint density at radius 3 is 2.22 bits per heavy atom. The number of hydrogen-bond donors (Lipinski definition) is 2. The first-order chi connectivity index (χ1) is 7.75. The monoisotopic (exact) mass is 292 g/mol. The number of benzene rings is 1. The highest BCUT2D eigenvalue weighted by Crippen LogP contribution is 2.08. The molecule has 2 N–H and O–H groups in total. The lowest BCUT2D eigenvalue weighted by molar-refractivity contribution is 0.0697. The summed E-state index contributed by atoms with van der Waals surface area (Å²) in [5.74, 6) is -0.867. The molecule has 2 rings (SSSR count). The minimum absolute atomic E-state index is 0. The molecule has 0 aliphatic carbocycles. The highest BCUT2D eigenvalue weighted by molar-refractivity contribution is 5.87. The van der Waals surface area contributed by atoms with Crippen LogP contribution >= 0.6 is 24.8 Å². The number of nitrogens with one attached hydrogen (secondary N) is 1. The van der Waals surface area contributed by atoms with E-state index in [0.717, 1.165) is 32.7 Å². The van der Waals surface area contributed by atoms with Crippen LogP contribution in [0.5, 0.6) is 0 Å². The Kier molecular flexibility index (Phi) is 7.95. The van der Waals surface area contributed by atoms with Crippen LogP contribution in [-0.2, 0) is 6.54 Å². The number of piperazine rings is 1. The molecule has 4 nitrogen and oxygen atoms in total. The van der Waals surface area contributed by atoms with Crippen molar-refractivity contribution >= 4 is 30.8 Å². The van der Waals surface area contributed by atoms with Gasteiger partial charge in [0.2, 0.25) is 0 Å². The minimum atomic E-state index is -0.867. The molecule has 1 aromatic carbocycles. The van der Waals surface area contributed by atoms with Crippen LogP contribution in [0.3, 0.4) is 0 Å². The van der Waals surface area contributed by atoms with E-state index in [9.17, 15) is 4.79 Å². The maximum Gasteiger partial charge on any atom is 0.335 e. The molecule has 0 atom stereocenters. The van der Waals surface area contributed by atoms with E-state index in [0.29, 0.717) is 5.56 Å². The zero-order valence-electron chi connectivity index (χ0n) is 9.96. The van der Waals surface area contributed by atoms with Gasteiger partial charge in [-0.3, -0.25) is 4.90 Å². The number of nitrogens with zero attached hydrogens (tertiary/aromatic N) is 1. The first kappa shape index (κ1) is 17.2. The third-order valence-electron chi connectivity index (χ3n) is 2.82. The number of hydrogen-bond acceptors (Lipinski definition) is 3. The fourth-order valence-corrected chi connectivity index (χ4v) is 1.88. The molecular weight excluding hydrogens is 275 g/mol. The van der Waals surface area contributed by atoms with Crippen molar-refractivity contribution in [3.63, 3.8) is 0 Å². The van der Waals surface area contributed by atoms with Crippen LogP contribution in [0.2, 0.25) is 0 Å². The molecular formula is C12H18Cl2N2O2. The summed E-state index contributed by atoms with van der Waals surface area (Å²) in [4.78, 5) is 13.1. The highest BCUT2D eigenvalue weighted by Gasteiger charge is 2.10. The topological polar surface area (TPSA) is 52.6 Å². The number of carboxylic acids is 1. The molecule has 0 amide bonds. The number of carbonyl (C=O) groups is 1. The minimum Gasteiger partial charge on any atom is -0.478 e. The van der Waals surface area contributed by atoms with Crippen LogP contribution in [0.25, 0.3) is 0 Å². The lowest BCUT2D eigenvalue weighted by atomic mass is 10.1. The van der Waals surface area contributed by atoms with Gasteiger partial charge < -0.3 is 10.4 Å². The van der Waals surface area contributed by atoms with E-state index in [1.54, 1.807) is 12.1 Å². The Balaban J connectivity index is 0.00000144. The molecule has 0 saturated carbocycles. The van der Waals surface area contributed by atoms with Gasteiger partial charge in [0.15, 0.2) is 0 Å². The van der Waals surface area contributed by atoms with Crippen LogP contribution in [0.1, 0.15) is 15.9 Å². The quantitative estimate of drug-likeness (QED) is 0.889. The predicted octanol–water partition coefficient (Wildman–Crippen LogP) is 1.63. The van der Waals surface area contributed by atoms with Gasteiger partial charge in [-0.05, 0) is 17.7 Å². The summed E-state index contributed by atoms with van der Waals surface area (Å²) in [6, 6.07) is 7.12. The van der Waals surface area contributed by atoms with Crippen molar-refractivity contribution in [2.24, 2.45) is 0 Å². The van der Waals surface area contributed by atoms with Gasteiger partial charge in [0.25, 0.3) is 0 Å². The molecule has 1 aromatic rings. The van der Waals surface area contributed by atoms with E-state index in [1.165, 1.54) is 5.56 Å². The molecule has 0 spiro atoms. The van der Waals surface area contributed by atoms with Crippen molar-refractivity contribution in [2.75, 3.05) is 26.2 Å². The summed E-state index contributed by atoms with van der Waals surface area (Å²) in [5.41, 5.74) is 1.52. The van der Waals surface area contributed by atoms with Gasteiger partial charge in [0, 0.05) is 32.7 Å². The van der Waals surface area contributed by atoms with Crippen molar-refractivity contribution in [1.82, 2.24) is 10.2 Å². The Morgan fingerprint density at radius 1 is 1.17 bits per heavy atom. The standard InChI is InChI=1S/C12H16N2O2.2ClH/c15-12(16)11-3-1-10(2-4-11)9-14-7-5-13-6-8-14;;/h1-4,13H,5-9H2,(H,15,16);2*1H. The van der Waals surface area contributed by atoms with E-state index in [2.05, 4.69) is 10.2 Å². The van der Waals surface area contributed by atoms with E-state index < -0.39 is 5.97 Å². The summed E-state index contributed by atoms with van der Waals surface area (Å²) in [5, 5.41) is 12.1. The Hall–Kier alpha value is -0.810. The third kappa shape index (κ3) is 4.82. The molecule has 1 aliphatic rings. The van der Waals surface area contributed by atoms with E-state index in [-0.39, 0.29) is 24.8 Å². The fourth-order valence-electron chi connectivity index (χ4n) is 1.88. The number of aromatic carboxylic acids is 1. The molecule has 1 fully saturated rings. The number of rotatable bonds is 3. The molecule has 102 valence electrons.